The number of nitrogens with zero attached hydrogens (tertiary/aromatic N) is 5. The molecular weight excluding hydrogens is 624 g/mol. The van der Waals surface area contributed by atoms with E-state index in [-0.39, 0.29) is 34.4 Å². The van der Waals surface area contributed by atoms with Crippen molar-refractivity contribution >= 4 is 34.6 Å². The second-order valence-electron chi connectivity index (χ2n) is 10.7. The SMILES string of the molecule is CCC(CNC(=O)/N=C1\SCC(=O)N1c1ccc(F)cc1C(C)C)c1ccc(-c2ncn(-c3ccc(OC(F)(F)F)cc3)n2)cc1. The fourth-order valence-electron chi connectivity index (χ4n) is 4.93. The highest BCUT2D eigenvalue weighted by molar-refractivity contribution is 8.15. The molecule has 9 nitrogen and oxygen atoms in total. The van der Waals surface area contributed by atoms with Gasteiger partial charge in [0.25, 0.3) is 0 Å². The number of aliphatic imine (C=N–C) groups is 1. The number of amidine groups is 1. The minimum Gasteiger partial charge on any atom is -0.406 e. The van der Waals surface area contributed by atoms with Crippen LogP contribution in [0.2, 0.25) is 0 Å². The van der Waals surface area contributed by atoms with Crippen LogP contribution in [0.1, 0.15) is 50.2 Å². The summed E-state index contributed by atoms with van der Waals surface area (Å²) in [7, 11) is 0. The normalized spacial score (nSPS) is 15.1. The molecule has 0 bridgehead atoms. The number of alkyl halides is 3. The standard InChI is InChI=1S/C32H30F4N6O3S/c1-4-20(16-37-30(44)39-31-42(28(43)17-46-31)27-14-9-23(33)15-26(27)19(2)3)21-5-7-22(8-6-21)29-38-18-41(40-29)24-10-12-25(13-11-24)45-32(34,35)36/h5-15,18-20H,4,16-17H2,1-3H3,(H,37,44)/b39-31-. The van der Waals surface area contributed by atoms with E-state index in [0.29, 0.717) is 29.3 Å². The highest BCUT2D eigenvalue weighted by Gasteiger charge is 2.33. The lowest BCUT2D eigenvalue weighted by Gasteiger charge is -2.21. The molecule has 3 aromatic carbocycles. The molecule has 5 rings (SSSR count). The molecule has 1 aliphatic heterocycles. The molecule has 0 radical (unpaired) electrons. The molecule has 1 N–H and O–H groups in total. The maximum Gasteiger partial charge on any atom is 0.573 e. The number of carbonyl (C=O) groups excluding carboxylic acids is 2. The fraction of sp³-hybridized carbons (Fsp3) is 0.281. The molecule has 1 unspecified atom stereocenters. The number of anilines is 1. The van der Waals surface area contributed by atoms with Gasteiger partial charge in [-0.1, -0.05) is 56.8 Å². The Labute approximate surface area is 266 Å². The summed E-state index contributed by atoms with van der Waals surface area (Å²) < 4.78 is 56.6. The third-order valence-corrected chi connectivity index (χ3v) is 8.20. The first-order chi connectivity index (χ1) is 21.9. The van der Waals surface area contributed by atoms with Crippen molar-refractivity contribution in [3.05, 3.63) is 90.0 Å². The minimum atomic E-state index is -4.77. The van der Waals surface area contributed by atoms with Gasteiger partial charge in [0, 0.05) is 18.0 Å². The summed E-state index contributed by atoms with van der Waals surface area (Å²) in [4.78, 5) is 35.5. The Morgan fingerprint density at radius 2 is 1.80 bits per heavy atom. The quantitative estimate of drug-likeness (QED) is 0.188. The van der Waals surface area contributed by atoms with Crippen molar-refractivity contribution in [2.45, 2.75) is 45.4 Å². The number of benzene rings is 3. The number of rotatable bonds is 9. The Morgan fingerprint density at radius 3 is 2.46 bits per heavy atom. The summed E-state index contributed by atoms with van der Waals surface area (Å²) in [6.07, 6.45) is -2.58. The van der Waals surface area contributed by atoms with Crippen molar-refractivity contribution in [3.8, 4) is 22.8 Å². The van der Waals surface area contributed by atoms with E-state index in [1.54, 1.807) is 0 Å². The molecule has 1 aromatic heterocycles. The maximum atomic E-state index is 13.9. The fourth-order valence-corrected chi connectivity index (χ4v) is 5.79. The number of nitrogens with one attached hydrogen (secondary N) is 1. The molecule has 1 fully saturated rings. The molecule has 0 aliphatic carbocycles. The van der Waals surface area contributed by atoms with Crippen molar-refractivity contribution in [2.24, 2.45) is 4.99 Å². The average molecular weight is 655 g/mol. The van der Waals surface area contributed by atoms with Gasteiger partial charge in [-0.3, -0.25) is 9.69 Å². The Balaban J connectivity index is 1.23. The molecule has 3 amide bonds. The van der Waals surface area contributed by atoms with E-state index in [9.17, 15) is 27.2 Å². The number of thioether (sulfide) groups is 1. The number of carbonyl (C=O) groups is 2. The number of hydrogen-bond acceptors (Lipinski definition) is 6. The predicted molar refractivity (Wildman–Crippen MR) is 168 cm³/mol. The minimum absolute atomic E-state index is 0.0280. The number of amides is 3. The van der Waals surface area contributed by atoms with E-state index < -0.39 is 18.2 Å². The molecule has 240 valence electrons. The van der Waals surface area contributed by atoms with Gasteiger partial charge in [-0.15, -0.1) is 18.3 Å². The second kappa shape index (κ2) is 13.7. The zero-order chi connectivity index (χ0) is 33.0. The molecule has 0 saturated carbocycles. The molecule has 1 aliphatic rings. The van der Waals surface area contributed by atoms with Crippen LogP contribution in [0.3, 0.4) is 0 Å². The van der Waals surface area contributed by atoms with E-state index in [1.165, 1.54) is 58.4 Å². The van der Waals surface area contributed by atoms with Crippen LogP contribution in [0, 0.1) is 5.82 Å². The highest BCUT2D eigenvalue weighted by Crippen LogP contribution is 2.34. The van der Waals surface area contributed by atoms with Gasteiger partial charge in [-0.2, -0.15) is 4.99 Å². The molecule has 2 heterocycles. The summed E-state index contributed by atoms with van der Waals surface area (Å²) in [5.74, 6) is -0.495. The predicted octanol–water partition coefficient (Wildman–Crippen LogP) is 7.43. The molecule has 46 heavy (non-hydrogen) atoms. The van der Waals surface area contributed by atoms with Crippen molar-refractivity contribution in [2.75, 3.05) is 17.2 Å². The van der Waals surface area contributed by atoms with Gasteiger partial charge >= 0.3 is 12.4 Å². The van der Waals surface area contributed by atoms with Gasteiger partial charge in [0.2, 0.25) is 5.91 Å². The summed E-state index contributed by atoms with van der Waals surface area (Å²) in [6.45, 7) is 6.11. The van der Waals surface area contributed by atoms with Crippen molar-refractivity contribution in [1.82, 2.24) is 20.1 Å². The summed E-state index contributed by atoms with van der Waals surface area (Å²) in [5, 5.41) is 7.51. The zero-order valence-corrected chi connectivity index (χ0v) is 25.9. The monoisotopic (exact) mass is 654 g/mol. The van der Waals surface area contributed by atoms with Crippen LogP contribution in [0.4, 0.5) is 28.0 Å². The third-order valence-electron chi connectivity index (χ3n) is 7.27. The maximum absolute atomic E-state index is 13.9. The van der Waals surface area contributed by atoms with E-state index in [4.69, 9.17) is 0 Å². The van der Waals surface area contributed by atoms with Crippen LogP contribution in [-0.4, -0.2) is 50.5 Å². The van der Waals surface area contributed by atoms with Crippen LogP contribution in [-0.2, 0) is 4.79 Å². The van der Waals surface area contributed by atoms with Crippen LogP contribution in [0.25, 0.3) is 17.1 Å². The smallest absolute Gasteiger partial charge is 0.406 e. The summed E-state index contributed by atoms with van der Waals surface area (Å²) >= 11 is 1.16. The molecule has 4 aromatic rings. The second-order valence-corrected chi connectivity index (χ2v) is 11.7. The lowest BCUT2D eigenvalue weighted by Crippen LogP contribution is -2.33. The first-order valence-corrected chi connectivity index (χ1v) is 15.4. The van der Waals surface area contributed by atoms with Gasteiger partial charge in [0.1, 0.15) is 17.9 Å². The van der Waals surface area contributed by atoms with Crippen molar-refractivity contribution in [1.29, 1.82) is 0 Å². The van der Waals surface area contributed by atoms with Gasteiger partial charge < -0.3 is 10.1 Å². The van der Waals surface area contributed by atoms with Gasteiger partial charge in [-0.05, 0) is 65.9 Å². The van der Waals surface area contributed by atoms with Gasteiger partial charge in [0.15, 0.2) is 11.0 Å². The van der Waals surface area contributed by atoms with E-state index >= 15 is 0 Å². The highest BCUT2D eigenvalue weighted by atomic mass is 32.2. The molecule has 1 atom stereocenters. The largest absolute Gasteiger partial charge is 0.573 e. The number of halogens is 4. The van der Waals surface area contributed by atoms with Crippen LogP contribution < -0.4 is 15.0 Å². The van der Waals surface area contributed by atoms with Crippen molar-refractivity contribution < 1.29 is 31.9 Å². The van der Waals surface area contributed by atoms with E-state index in [2.05, 4.69) is 25.1 Å². The molecule has 14 heteroatoms. The Hall–Kier alpha value is -4.72. The molecule has 1 saturated heterocycles. The Kier molecular flexibility index (Phi) is 9.75. The van der Waals surface area contributed by atoms with E-state index in [1.807, 2.05) is 45.0 Å². The lowest BCUT2D eigenvalue weighted by atomic mass is 9.95. The topological polar surface area (TPSA) is 102 Å². The van der Waals surface area contributed by atoms with Gasteiger partial charge in [-0.25, -0.2) is 18.9 Å². The first-order valence-electron chi connectivity index (χ1n) is 14.4. The van der Waals surface area contributed by atoms with Crippen molar-refractivity contribution in [3.63, 3.8) is 0 Å². The Bertz CT molecular complexity index is 1740. The van der Waals surface area contributed by atoms with Crippen LogP contribution >= 0.6 is 11.8 Å². The molecular formula is C32H30F4N6O3S. The first kappa shape index (κ1) is 32.7. The van der Waals surface area contributed by atoms with Gasteiger partial charge in [0.05, 0.1) is 17.1 Å². The number of hydrogen-bond donors (Lipinski definition) is 1. The summed E-state index contributed by atoms with van der Waals surface area (Å²) in [5.41, 5.74) is 3.37. The number of ether oxygens (including phenoxy) is 1. The number of aromatic nitrogens is 3. The summed E-state index contributed by atoms with van der Waals surface area (Å²) in [6, 6.07) is 16.5. The molecule has 0 spiro atoms. The average Bonchev–Trinajstić information content (AvgIpc) is 3.64. The third kappa shape index (κ3) is 7.73. The van der Waals surface area contributed by atoms with Crippen LogP contribution in [0.5, 0.6) is 5.75 Å². The Morgan fingerprint density at radius 1 is 1.09 bits per heavy atom. The van der Waals surface area contributed by atoms with Crippen LogP contribution in [0.15, 0.2) is 78.0 Å². The lowest BCUT2D eigenvalue weighted by molar-refractivity contribution is -0.274. The van der Waals surface area contributed by atoms with E-state index in [0.717, 1.165) is 29.3 Å². The zero-order valence-electron chi connectivity index (χ0n) is 25.1. The number of urea groups is 1.